The smallest absolute Gasteiger partial charge is 0.263 e. The molecule has 1 aliphatic rings. The van der Waals surface area contributed by atoms with Crippen molar-refractivity contribution >= 4 is 39.2 Å². The van der Waals surface area contributed by atoms with Crippen LogP contribution in [0.5, 0.6) is 0 Å². The van der Waals surface area contributed by atoms with Crippen LogP contribution in [0.4, 0.5) is 0 Å². The fourth-order valence-corrected chi connectivity index (χ4v) is 5.45. The number of carbonyl (C=O) groups is 1. The summed E-state index contributed by atoms with van der Waals surface area (Å²) in [5.41, 5.74) is 1.13. The number of thioether (sulfide) groups is 1. The maximum atomic E-state index is 13.1. The number of amides is 1. The number of allylic oxidation sites excluding steroid dienone is 1. The average Bonchev–Trinajstić information content (AvgIpc) is 3.05. The third-order valence-electron chi connectivity index (χ3n) is 4.66. The number of nitriles is 1. The van der Waals surface area contributed by atoms with Crippen LogP contribution in [0.25, 0.3) is 10.2 Å². The molecule has 0 saturated carbocycles. The summed E-state index contributed by atoms with van der Waals surface area (Å²) in [5, 5.41) is 9.95. The third-order valence-corrected chi connectivity index (χ3v) is 6.81. The van der Waals surface area contributed by atoms with Crippen LogP contribution < -0.4 is 5.56 Å². The molecule has 8 heteroatoms. The number of nitrogens with zero attached hydrogens (tertiary/aromatic N) is 4. The predicted molar refractivity (Wildman–Crippen MR) is 109 cm³/mol. The van der Waals surface area contributed by atoms with Gasteiger partial charge in [-0.25, -0.2) is 4.98 Å². The topological polar surface area (TPSA) is 79.0 Å². The van der Waals surface area contributed by atoms with Gasteiger partial charge in [0.1, 0.15) is 4.83 Å². The minimum absolute atomic E-state index is 0.0351. The molecule has 0 aliphatic heterocycles. The number of hydrogen-bond acceptors (Lipinski definition) is 6. The van der Waals surface area contributed by atoms with E-state index < -0.39 is 0 Å². The molecule has 0 saturated heterocycles. The van der Waals surface area contributed by atoms with E-state index in [1.54, 1.807) is 29.0 Å². The first-order chi connectivity index (χ1) is 13.1. The molecule has 6 nitrogen and oxygen atoms in total. The lowest BCUT2D eigenvalue weighted by Crippen LogP contribution is -2.30. The Morgan fingerprint density at radius 1 is 1.48 bits per heavy atom. The van der Waals surface area contributed by atoms with Crippen molar-refractivity contribution in [2.45, 2.75) is 43.8 Å². The maximum absolute atomic E-state index is 13.1. The van der Waals surface area contributed by atoms with Gasteiger partial charge in [0, 0.05) is 25.0 Å². The summed E-state index contributed by atoms with van der Waals surface area (Å²) < 4.78 is 1.62. The minimum Gasteiger partial charge on any atom is -0.344 e. The SMILES string of the molecule is C=CCn1c(SCC(=O)N(C)CCC#N)nc2sc3c(c2c1=O)CCCC3. The molecule has 142 valence electrons. The molecule has 0 spiro atoms. The zero-order chi connectivity index (χ0) is 19.4. The quantitative estimate of drug-likeness (QED) is 0.404. The summed E-state index contributed by atoms with van der Waals surface area (Å²) in [6.45, 7) is 4.52. The van der Waals surface area contributed by atoms with Crippen LogP contribution in [0.15, 0.2) is 22.6 Å². The Balaban J connectivity index is 1.91. The molecule has 0 unspecified atom stereocenters. The van der Waals surface area contributed by atoms with E-state index in [2.05, 4.69) is 6.58 Å². The van der Waals surface area contributed by atoms with Crippen molar-refractivity contribution in [3.05, 3.63) is 33.4 Å². The molecule has 27 heavy (non-hydrogen) atoms. The lowest BCUT2D eigenvalue weighted by Gasteiger charge is -2.16. The summed E-state index contributed by atoms with van der Waals surface area (Å²) in [6, 6.07) is 2.04. The molecule has 0 bridgehead atoms. The Morgan fingerprint density at radius 2 is 2.26 bits per heavy atom. The standard InChI is InChI=1S/C19H22N4O2S2/c1-3-10-23-18(25)16-13-7-4-5-8-14(13)27-17(16)21-19(23)26-12-15(24)22(2)11-6-9-20/h3H,1,4-8,10-12H2,2H3. The fourth-order valence-electron chi connectivity index (χ4n) is 3.20. The second-order valence-corrected chi connectivity index (χ2v) is 8.53. The molecular weight excluding hydrogens is 380 g/mol. The van der Waals surface area contributed by atoms with Crippen LogP contribution in [0, 0.1) is 11.3 Å². The first-order valence-corrected chi connectivity index (χ1v) is 10.8. The zero-order valence-corrected chi connectivity index (χ0v) is 17.0. The Morgan fingerprint density at radius 3 is 3.00 bits per heavy atom. The van der Waals surface area contributed by atoms with E-state index in [-0.39, 0.29) is 17.2 Å². The Hall–Kier alpha value is -2.11. The Bertz CT molecular complexity index is 971. The van der Waals surface area contributed by atoms with Crippen molar-refractivity contribution in [3.63, 3.8) is 0 Å². The van der Waals surface area contributed by atoms with E-state index >= 15 is 0 Å². The van der Waals surface area contributed by atoms with Gasteiger partial charge in [0.05, 0.1) is 23.6 Å². The van der Waals surface area contributed by atoms with Gasteiger partial charge in [-0.3, -0.25) is 14.2 Å². The van der Waals surface area contributed by atoms with Crippen LogP contribution in [0.1, 0.15) is 29.7 Å². The number of thiophene rings is 1. The van der Waals surface area contributed by atoms with Crippen LogP contribution in [0.3, 0.4) is 0 Å². The number of rotatable bonds is 7. The molecule has 2 aromatic heterocycles. The van der Waals surface area contributed by atoms with Crippen LogP contribution in [0.2, 0.25) is 0 Å². The molecule has 0 atom stereocenters. The van der Waals surface area contributed by atoms with Gasteiger partial charge in [0.25, 0.3) is 5.56 Å². The Labute approximate surface area is 166 Å². The lowest BCUT2D eigenvalue weighted by atomic mass is 9.97. The highest BCUT2D eigenvalue weighted by Gasteiger charge is 2.22. The zero-order valence-electron chi connectivity index (χ0n) is 15.4. The summed E-state index contributed by atoms with van der Waals surface area (Å²) in [4.78, 5) is 33.7. The van der Waals surface area contributed by atoms with E-state index in [0.29, 0.717) is 24.7 Å². The van der Waals surface area contributed by atoms with Crippen LogP contribution in [-0.2, 0) is 24.2 Å². The third kappa shape index (κ3) is 4.09. The van der Waals surface area contributed by atoms with Crippen LogP contribution >= 0.6 is 23.1 Å². The molecule has 0 radical (unpaired) electrons. The van der Waals surface area contributed by atoms with Gasteiger partial charge >= 0.3 is 0 Å². The summed E-state index contributed by atoms with van der Waals surface area (Å²) in [7, 11) is 1.68. The van der Waals surface area contributed by atoms with Gasteiger partial charge in [-0.1, -0.05) is 17.8 Å². The highest BCUT2D eigenvalue weighted by molar-refractivity contribution is 7.99. The van der Waals surface area contributed by atoms with Gasteiger partial charge in [-0.2, -0.15) is 5.26 Å². The van der Waals surface area contributed by atoms with Crippen molar-refractivity contribution in [3.8, 4) is 6.07 Å². The second-order valence-electron chi connectivity index (χ2n) is 6.50. The number of carbonyl (C=O) groups excluding carboxylic acids is 1. The molecule has 3 rings (SSSR count). The minimum atomic E-state index is -0.0831. The van der Waals surface area contributed by atoms with Gasteiger partial charge in [0.15, 0.2) is 5.16 Å². The van der Waals surface area contributed by atoms with Crippen molar-refractivity contribution < 1.29 is 4.79 Å². The van der Waals surface area contributed by atoms with Crippen molar-refractivity contribution in [1.82, 2.24) is 14.5 Å². The Kier molecular flexibility index (Phi) is 6.34. The van der Waals surface area contributed by atoms with Gasteiger partial charge in [0.2, 0.25) is 5.91 Å². The molecule has 1 aliphatic carbocycles. The highest BCUT2D eigenvalue weighted by atomic mass is 32.2. The van der Waals surface area contributed by atoms with Gasteiger partial charge < -0.3 is 4.90 Å². The summed E-state index contributed by atoms with van der Waals surface area (Å²) >= 11 is 2.88. The average molecular weight is 403 g/mol. The molecule has 1 amide bonds. The number of aryl methyl sites for hydroxylation is 2. The van der Waals surface area contributed by atoms with E-state index in [4.69, 9.17) is 10.2 Å². The molecule has 0 aromatic carbocycles. The first kappa shape index (κ1) is 19.6. The maximum Gasteiger partial charge on any atom is 0.263 e. The number of fused-ring (bicyclic) bond motifs is 3. The number of aromatic nitrogens is 2. The van der Waals surface area contributed by atoms with Crippen molar-refractivity contribution in [2.75, 3.05) is 19.3 Å². The lowest BCUT2D eigenvalue weighted by molar-refractivity contribution is -0.127. The van der Waals surface area contributed by atoms with E-state index in [0.717, 1.165) is 35.9 Å². The molecule has 2 heterocycles. The van der Waals surface area contributed by atoms with Gasteiger partial charge in [-0.15, -0.1) is 17.9 Å². The van der Waals surface area contributed by atoms with E-state index in [9.17, 15) is 9.59 Å². The molecular formula is C19H22N4O2S2. The molecule has 0 fully saturated rings. The second kappa shape index (κ2) is 8.72. The molecule has 0 N–H and O–H groups in total. The van der Waals surface area contributed by atoms with E-state index in [1.165, 1.54) is 27.1 Å². The summed E-state index contributed by atoms with van der Waals surface area (Å²) in [6.07, 6.45) is 6.21. The highest BCUT2D eigenvalue weighted by Crippen LogP contribution is 2.34. The molecule has 2 aromatic rings. The van der Waals surface area contributed by atoms with Crippen LogP contribution in [-0.4, -0.2) is 39.7 Å². The van der Waals surface area contributed by atoms with E-state index in [1.807, 2.05) is 6.07 Å². The predicted octanol–water partition coefficient (Wildman–Crippen LogP) is 2.99. The fraction of sp³-hybridized carbons (Fsp3) is 0.474. The summed E-state index contributed by atoms with van der Waals surface area (Å²) in [5.74, 6) is 0.0995. The first-order valence-electron chi connectivity index (χ1n) is 8.96. The number of hydrogen-bond donors (Lipinski definition) is 0. The van der Waals surface area contributed by atoms with Crippen molar-refractivity contribution in [1.29, 1.82) is 5.26 Å². The largest absolute Gasteiger partial charge is 0.344 e. The van der Waals surface area contributed by atoms with Gasteiger partial charge in [-0.05, 0) is 31.2 Å². The monoisotopic (exact) mass is 402 g/mol. The normalized spacial score (nSPS) is 13.2. The van der Waals surface area contributed by atoms with Crippen molar-refractivity contribution in [2.24, 2.45) is 0 Å².